The van der Waals surface area contributed by atoms with Gasteiger partial charge in [-0.1, -0.05) is 42.1 Å². The molecular weight excluding hydrogens is 459 g/mol. The van der Waals surface area contributed by atoms with Crippen LogP contribution in [0.5, 0.6) is 0 Å². The molecule has 0 N–H and O–H groups in total. The summed E-state index contributed by atoms with van der Waals surface area (Å²) in [6.45, 7) is 0.406. The van der Waals surface area contributed by atoms with Gasteiger partial charge < -0.3 is 4.90 Å². The Labute approximate surface area is 191 Å². The topological polar surface area (TPSA) is 55.2 Å². The number of rotatable bonds is 7. The van der Waals surface area contributed by atoms with Crippen LogP contribution in [0.15, 0.2) is 45.7 Å². The standard InChI is InChI=1S/C22H22F3N3O2S2/c1-13(14-8-9-14)28(12-22(23,24)25)17(29)11-32-21-26-19-18(20(30)27(21)2)16(10-31-19)15-6-4-3-5-7-15/h3-7,10,13-14H,8-9,11-12H2,1-2H3. The number of halogens is 3. The molecule has 1 amide bonds. The van der Waals surface area contributed by atoms with E-state index in [0.29, 0.717) is 15.4 Å². The fourth-order valence-electron chi connectivity index (χ4n) is 3.71. The van der Waals surface area contributed by atoms with E-state index in [4.69, 9.17) is 0 Å². The summed E-state index contributed by atoms with van der Waals surface area (Å²) in [5, 5.41) is 2.68. The van der Waals surface area contributed by atoms with Gasteiger partial charge in [0.2, 0.25) is 5.91 Å². The zero-order chi connectivity index (χ0) is 23.0. The molecule has 1 aliphatic rings. The van der Waals surface area contributed by atoms with Crippen LogP contribution in [0.25, 0.3) is 21.3 Å². The Hall–Kier alpha value is -2.33. The number of fused-ring (bicyclic) bond motifs is 1. The van der Waals surface area contributed by atoms with E-state index in [1.807, 2.05) is 35.7 Å². The highest BCUT2D eigenvalue weighted by atomic mass is 32.2. The van der Waals surface area contributed by atoms with Gasteiger partial charge in [-0.15, -0.1) is 11.3 Å². The van der Waals surface area contributed by atoms with Gasteiger partial charge in [-0.05, 0) is 31.2 Å². The van der Waals surface area contributed by atoms with Crippen LogP contribution in [0.2, 0.25) is 0 Å². The Morgan fingerprint density at radius 2 is 2.00 bits per heavy atom. The number of nitrogens with zero attached hydrogens (tertiary/aromatic N) is 3. The fraction of sp³-hybridized carbons (Fsp3) is 0.409. The SMILES string of the molecule is CC(C1CC1)N(CC(F)(F)F)C(=O)CSc1nc2scc(-c3ccccc3)c2c(=O)n1C. The van der Waals surface area contributed by atoms with Gasteiger partial charge >= 0.3 is 6.18 Å². The third-order valence-electron chi connectivity index (χ3n) is 5.65. The van der Waals surface area contributed by atoms with Crippen LogP contribution in [-0.2, 0) is 11.8 Å². The van der Waals surface area contributed by atoms with E-state index < -0.39 is 24.7 Å². The molecule has 5 nitrogen and oxygen atoms in total. The van der Waals surface area contributed by atoms with Crippen molar-refractivity contribution in [3.05, 3.63) is 46.1 Å². The lowest BCUT2D eigenvalue weighted by Crippen LogP contribution is -2.46. The molecule has 0 radical (unpaired) electrons. The van der Waals surface area contributed by atoms with Gasteiger partial charge in [-0.2, -0.15) is 13.2 Å². The summed E-state index contributed by atoms with van der Waals surface area (Å²) >= 11 is 2.32. The second-order valence-electron chi connectivity index (χ2n) is 7.96. The summed E-state index contributed by atoms with van der Waals surface area (Å²) in [4.78, 5) is 31.7. The summed E-state index contributed by atoms with van der Waals surface area (Å²) < 4.78 is 40.5. The highest BCUT2D eigenvalue weighted by Gasteiger charge is 2.40. The number of alkyl halides is 3. The third-order valence-corrected chi connectivity index (χ3v) is 7.54. The molecule has 2 aromatic heterocycles. The largest absolute Gasteiger partial charge is 0.406 e. The molecule has 3 aromatic rings. The number of benzene rings is 1. The van der Waals surface area contributed by atoms with E-state index in [2.05, 4.69) is 4.98 Å². The molecule has 0 bridgehead atoms. The number of thiophene rings is 1. The van der Waals surface area contributed by atoms with Crippen molar-refractivity contribution in [2.45, 2.75) is 37.1 Å². The van der Waals surface area contributed by atoms with Gasteiger partial charge in [0.05, 0.1) is 11.1 Å². The lowest BCUT2D eigenvalue weighted by atomic mass is 10.1. The summed E-state index contributed by atoms with van der Waals surface area (Å²) in [5.74, 6) is -0.694. The van der Waals surface area contributed by atoms with Crippen LogP contribution in [0.1, 0.15) is 19.8 Å². The first-order chi connectivity index (χ1) is 15.2. The van der Waals surface area contributed by atoms with Gasteiger partial charge in [-0.3, -0.25) is 14.2 Å². The quantitative estimate of drug-likeness (QED) is 0.354. The van der Waals surface area contributed by atoms with Crippen molar-refractivity contribution in [2.24, 2.45) is 13.0 Å². The summed E-state index contributed by atoms with van der Waals surface area (Å²) in [6, 6.07) is 9.04. The zero-order valence-electron chi connectivity index (χ0n) is 17.6. The number of aromatic nitrogens is 2. The van der Waals surface area contributed by atoms with E-state index in [9.17, 15) is 22.8 Å². The van der Waals surface area contributed by atoms with E-state index in [1.54, 1.807) is 14.0 Å². The number of hydrogen-bond acceptors (Lipinski definition) is 5. The van der Waals surface area contributed by atoms with Crippen molar-refractivity contribution in [2.75, 3.05) is 12.3 Å². The van der Waals surface area contributed by atoms with Crippen molar-refractivity contribution in [3.63, 3.8) is 0 Å². The Morgan fingerprint density at radius 3 is 2.62 bits per heavy atom. The van der Waals surface area contributed by atoms with Crippen LogP contribution < -0.4 is 5.56 Å². The minimum absolute atomic E-state index is 0.118. The molecular formula is C22H22F3N3O2S2. The fourth-order valence-corrected chi connectivity index (χ4v) is 5.55. The van der Waals surface area contributed by atoms with E-state index in [0.717, 1.165) is 40.6 Å². The van der Waals surface area contributed by atoms with E-state index in [1.165, 1.54) is 15.9 Å². The Balaban J connectivity index is 1.57. The molecule has 1 unspecified atom stereocenters. The van der Waals surface area contributed by atoms with Gasteiger partial charge in [0.1, 0.15) is 11.4 Å². The van der Waals surface area contributed by atoms with Crippen molar-refractivity contribution in [1.82, 2.24) is 14.5 Å². The van der Waals surface area contributed by atoms with Gasteiger partial charge in [0.15, 0.2) is 5.16 Å². The van der Waals surface area contributed by atoms with E-state index in [-0.39, 0.29) is 17.2 Å². The van der Waals surface area contributed by atoms with Crippen molar-refractivity contribution >= 4 is 39.2 Å². The second-order valence-corrected chi connectivity index (χ2v) is 9.76. The number of amides is 1. The minimum atomic E-state index is -4.46. The first-order valence-corrected chi connectivity index (χ1v) is 12.0. The highest BCUT2D eigenvalue weighted by molar-refractivity contribution is 7.99. The smallest absolute Gasteiger partial charge is 0.330 e. The lowest BCUT2D eigenvalue weighted by molar-refractivity contribution is -0.164. The van der Waals surface area contributed by atoms with Gasteiger partial charge in [-0.25, -0.2) is 4.98 Å². The lowest BCUT2D eigenvalue weighted by Gasteiger charge is -2.30. The Bertz CT molecular complexity index is 1190. The van der Waals surface area contributed by atoms with Crippen LogP contribution in [0.3, 0.4) is 0 Å². The second kappa shape index (κ2) is 8.90. The Kier molecular flexibility index (Phi) is 6.35. The normalized spacial score (nSPS) is 15.2. The molecule has 0 saturated heterocycles. The highest BCUT2D eigenvalue weighted by Crippen LogP contribution is 2.37. The summed E-state index contributed by atoms with van der Waals surface area (Å²) in [6.07, 6.45) is -2.78. The van der Waals surface area contributed by atoms with Crippen LogP contribution in [-0.4, -0.2) is 44.9 Å². The number of carbonyl (C=O) groups excluding carboxylic acids is 1. The van der Waals surface area contributed by atoms with E-state index >= 15 is 0 Å². The van der Waals surface area contributed by atoms with Gasteiger partial charge in [0.25, 0.3) is 5.56 Å². The summed E-state index contributed by atoms with van der Waals surface area (Å²) in [5.41, 5.74) is 1.45. The van der Waals surface area contributed by atoms with Gasteiger partial charge in [0, 0.05) is 24.0 Å². The Morgan fingerprint density at radius 1 is 1.31 bits per heavy atom. The molecule has 1 aliphatic carbocycles. The molecule has 2 heterocycles. The maximum Gasteiger partial charge on any atom is 0.406 e. The average molecular weight is 482 g/mol. The van der Waals surface area contributed by atoms with Crippen LogP contribution in [0, 0.1) is 5.92 Å². The third kappa shape index (κ3) is 4.85. The maximum absolute atomic E-state index is 13.1. The van der Waals surface area contributed by atoms with Crippen molar-refractivity contribution < 1.29 is 18.0 Å². The monoisotopic (exact) mass is 481 g/mol. The molecule has 0 spiro atoms. The molecule has 1 fully saturated rings. The molecule has 1 atom stereocenters. The number of carbonyl (C=O) groups is 1. The first kappa shape index (κ1) is 22.8. The molecule has 32 heavy (non-hydrogen) atoms. The molecule has 170 valence electrons. The molecule has 4 rings (SSSR count). The number of hydrogen-bond donors (Lipinski definition) is 0. The number of thioether (sulfide) groups is 1. The minimum Gasteiger partial charge on any atom is -0.330 e. The maximum atomic E-state index is 13.1. The summed E-state index contributed by atoms with van der Waals surface area (Å²) in [7, 11) is 1.56. The van der Waals surface area contributed by atoms with Crippen LogP contribution >= 0.6 is 23.1 Å². The van der Waals surface area contributed by atoms with Crippen LogP contribution in [0.4, 0.5) is 13.2 Å². The zero-order valence-corrected chi connectivity index (χ0v) is 19.2. The van der Waals surface area contributed by atoms with Crippen molar-refractivity contribution in [1.29, 1.82) is 0 Å². The first-order valence-electron chi connectivity index (χ1n) is 10.2. The molecule has 1 saturated carbocycles. The molecule has 1 aromatic carbocycles. The predicted molar refractivity (Wildman–Crippen MR) is 121 cm³/mol. The van der Waals surface area contributed by atoms with Crippen molar-refractivity contribution in [3.8, 4) is 11.1 Å². The molecule has 0 aliphatic heterocycles. The predicted octanol–water partition coefficient (Wildman–Crippen LogP) is 4.94. The average Bonchev–Trinajstić information content (AvgIpc) is 3.52. The molecule has 10 heteroatoms.